The Balaban J connectivity index is 1.80. The standard InChI is InChI=1S/C10H17NO/c1-2-9(12)7-11-6-5-10(8-11)3-4-10/h2-8H2,1H3. The number of hydrogen-bond donors (Lipinski definition) is 0. The van der Waals surface area contributed by atoms with Crippen molar-refractivity contribution in [1.82, 2.24) is 4.90 Å². The highest BCUT2D eigenvalue weighted by Crippen LogP contribution is 2.52. The Kier molecular flexibility index (Phi) is 1.95. The van der Waals surface area contributed by atoms with E-state index in [9.17, 15) is 4.79 Å². The van der Waals surface area contributed by atoms with Gasteiger partial charge in [-0.15, -0.1) is 0 Å². The van der Waals surface area contributed by atoms with Crippen LogP contribution in [-0.2, 0) is 4.79 Å². The predicted molar refractivity (Wildman–Crippen MR) is 48.0 cm³/mol. The largest absolute Gasteiger partial charge is 0.298 e. The van der Waals surface area contributed by atoms with Crippen molar-refractivity contribution in [2.24, 2.45) is 5.41 Å². The van der Waals surface area contributed by atoms with Crippen LogP contribution in [-0.4, -0.2) is 30.3 Å². The molecular weight excluding hydrogens is 150 g/mol. The van der Waals surface area contributed by atoms with E-state index in [4.69, 9.17) is 0 Å². The Morgan fingerprint density at radius 2 is 2.17 bits per heavy atom. The molecule has 0 amide bonds. The summed E-state index contributed by atoms with van der Waals surface area (Å²) < 4.78 is 0. The van der Waals surface area contributed by atoms with Gasteiger partial charge in [-0.05, 0) is 31.2 Å². The van der Waals surface area contributed by atoms with Crippen LogP contribution < -0.4 is 0 Å². The Labute approximate surface area is 73.9 Å². The molecule has 12 heavy (non-hydrogen) atoms. The van der Waals surface area contributed by atoms with Gasteiger partial charge in [0.05, 0.1) is 6.54 Å². The summed E-state index contributed by atoms with van der Waals surface area (Å²) in [6.07, 6.45) is 4.85. The molecule has 0 aromatic carbocycles. The van der Waals surface area contributed by atoms with Crippen molar-refractivity contribution in [3.05, 3.63) is 0 Å². The van der Waals surface area contributed by atoms with Crippen LogP contribution in [0.5, 0.6) is 0 Å². The molecular formula is C10H17NO. The highest BCUT2D eigenvalue weighted by molar-refractivity contribution is 5.80. The number of likely N-dealkylation sites (tertiary alicyclic amines) is 1. The zero-order chi connectivity index (χ0) is 8.60. The van der Waals surface area contributed by atoms with E-state index in [2.05, 4.69) is 4.90 Å². The van der Waals surface area contributed by atoms with Crippen molar-refractivity contribution in [1.29, 1.82) is 0 Å². The fraction of sp³-hybridized carbons (Fsp3) is 0.900. The fourth-order valence-corrected chi connectivity index (χ4v) is 2.11. The van der Waals surface area contributed by atoms with Gasteiger partial charge < -0.3 is 0 Å². The number of Topliss-reactive ketones (excluding diaryl/α,β-unsaturated/α-hetero) is 1. The third-order valence-electron chi connectivity index (χ3n) is 3.27. The van der Waals surface area contributed by atoms with Gasteiger partial charge in [-0.2, -0.15) is 0 Å². The van der Waals surface area contributed by atoms with E-state index >= 15 is 0 Å². The Morgan fingerprint density at radius 3 is 2.67 bits per heavy atom. The van der Waals surface area contributed by atoms with E-state index < -0.39 is 0 Å². The topological polar surface area (TPSA) is 20.3 Å². The van der Waals surface area contributed by atoms with Gasteiger partial charge in [-0.25, -0.2) is 0 Å². The van der Waals surface area contributed by atoms with Crippen molar-refractivity contribution in [3.8, 4) is 0 Å². The van der Waals surface area contributed by atoms with E-state index in [0.717, 1.165) is 6.54 Å². The van der Waals surface area contributed by atoms with Crippen molar-refractivity contribution >= 4 is 5.78 Å². The predicted octanol–water partition coefficient (Wildman–Crippen LogP) is 1.45. The maximum absolute atomic E-state index is 11.2. The smallest absolute Gasteiger partial charge is 0.146 e. The van der Waals surface area contributed by atoms with Crippen LogP contribution in [0.2, 0.25) is 0 Å². The summed E-state index contributed by atoms with van der Waals surface area (Å²) >= 11 is 0. The Morgan fingerprint density at radius 1 is 1.42 bits per heavy atom. The van der Waals surface area contributed by atoms with Gasteiger partial charge in [0, 0.05) is 13.0 Å². The summed E-state index contributed by atoms with van der Waals surface area (Å²) in [6.45, 7) is 5.01. The second-order valence-corrected chi connectivity index (χ2v) is 4.35. The minimum Gasteiger partial charge on any atom is -0.298 e. The molecule has 68 valence electrons. The van der Waals surface area contributed by atoms with Gasteiger partial charge in [-0.3, -0.25) is 9.69 Å². The molecule has 1 spiro atoms. The first-order chi connectivity index (χ1) is 5.74. The van der Waals surface area contributed by atoms with E-state index in [1.807, 2.05) is 6.92 Å². The number of carbonyl (C=O) groups is 1. The van der Waals surface area contributed by atoms with Crippen LogP contribution in [0.25, 0.3) is 0 Å². The molecule has 1 aliphatic carbocycles. The van der Waals surface area contributed by atoms with Crippen molar-refractivity contribution in [2.45, 2.75) is 32.6 Å². The Bertz CT molecular complexity index is 196. The lowest BCUT2D eigenvalue weighted by molar-refractivity contribution is -0.119. The van der Waals surface area contributed by atoms with Crippen LogP contribution in [0.3, 0.4) is 0 Å². The lowest BCUT2D eigenvalue weighted by atomic mass is 10.1. The number of ketones is 1. The molecule has 0 N–H and O–H groups in total. The summed E-state index contributed by atoms with van der Waals surface area (Å²) in [4.78, 5) is 13.5. The second-order valence-electron chi connectivity index (χ2n) is 4.35. The van der Waals surface area contributed by atoms with Gasteiger partial charge >= 0.3 is 0 Å². The van der Waals surface area contributed by atoms with Crippen LogP contribution in [0, 0.1) is 5.41 Å². The molecule has 0 bridgehead atoms. The molecule has 0 radical (unpaired) electrons. The van der Waals surface area contributed by atoms with Crippen molar-refractivity contribution in [3.63, 3.8) is 0 Å². The molecule has 1 saturated heterocycles. The third kappa shape index (κ3) is 1.53. The van der Waals surface area contributed by atoms with Crippen LogP contribution in [0.4, 0.5) is 0 Å². The molecule has 1 aliphatic heterocycles. The summed E-state index contributed by atoms with van der Waals surface area (Å²) in [5.74, 6) is 0.396. The second kappa shape index (κ2) is 2.84. The Hall–Kier alpha value is -0.370. The highest BCUT2D eigenvalue weighted by atomic mass is 16.1. The van der Waals surface area contributed by atoms with E-state index in [0.29, 0.717) is 24.2 Å². The zero-order valence-electron chi connectivity index (χ0n) is 7.81. The number of hydrogen-bond acceptors (Lipinski definition) is 2. The molecule has 2 nitrogen and oxygen atoms in total. The number of nitrogens with zero attached hydrogens (tertiary/aromatic N) is 1. The molecule has 2 rings (SSSR count). The molecule has 2 fully saturated rings. The minimum absolute atomic E-state index is 0.396. The van der Waals surface area contributed by atoms with Crippen LogP contribution in [0.15, 0.2) is 0 Å². The normalized spacial score (nSPS) is 26.4. The van der Waals surface area contributed by atoms with Crippen LogP contribution >= 0.6 is 0 Å². The lowest BCUT2D eigenvalue weighted by Crippen LogP contribution is -2.27. The van der Waals surface area contributed by atoms with Gasteiger partial charge in [0.1, 0.15) is 5.78 Å². The number of carbonyl (C=O) groups excluding carboxylic acids is 1. The van der Waals surface area contributed by atoms with Crippen molar-refractivity contribution < 1.29 is 4.79 Å². The molecule has 1 heterocycles. The van der Waals surface area contributed by atoms with E-state index in [1.54, 1.807) is 0 Å². The maximum Gasteiger partial charge on any atom is 0.146 e. The average molecular weight is 167 g/mol. The number of rotatable bonds is 3. The first-order valence-corrected chi connectivity index (χ1v) is 4.98. The zero-order valence-corrected chi connectivity index (χ0v) is 7.81. The summed E-state index contributed by atoms with van der Waals surface area (Å²) in [5.41, 5.74) is 0.675. The summed E-state index contributed by atoms with van der Waals surface area (Å²) in [6, 6.07) is 0. The van der Waals surface area contributed by atoms with E-state index in [-0.39, 0.29) is 0 Å². The first kappa shape index (κ1) is 8.24. The molecule has 2 aliphatic rings. The fourth-order valence-electron chi connectivity index (χ4n) is 2.11. The highest BCUT2D eigenvalue weighted by Gasteiger charge is 2.47. The molecule has 0 atom stereocenters. The molecule has 0 aromatic rings. The average Bonchev–Trinajstić information content (AvgIpc) is 2.68. The van der Waals surface area contributed by atoms with Gasteiger partial charge in [0.15, 0.2) is 0 Å². The third-order valence-corrected chi connectivity index (χ3v) is 3.27. The SMILES string of the molecule is CCC(=O)CN1CCC2(CC2)C1. The van der Waals surface area contributed by atoms with Gasteiger partial charge in [0.2, 0.25) is 0 Å². The molecule has 0 unspecified atom stereocenters. The molecule has 2 heteroatoms. The van der Waals surface area contributed by atoms with Crippen LogP contribution in [0.1, 0.15) is 32.6 Å². The van der Waals surface area contributed by atoms with Gasteiger partial charge in [0.25, 0.3) is 0 Å². The summed E-state index contributed by atoms with van der Waals surface area (Å²) in [7, 11) is 0. The van der Waals surface area contributed by atoms with Crippen molar-refractivity contribution in [2.75, 3.05) is 19.6 Å². The lowest BCUT2D eigenvalue weighted by Gasteiger charge is -2.13. The van der Waals surface area contributed by atoms with E-state index in [1.165, 1.54) is 25.8 Å². The first-order valence-electron chi connectivity index (χ1n) is 4.98. The minimum atomic E-state index is 0.396. The van der Waals surface area contributed by atoms with Gasteiger partial charge in [-0.1, -0.05) is 6.92 Å². The quantitative estimate of drug-likeness (QED) is 0.634. The molecule has 1 saturated carbocycles. The molecule has 0 aromatic heterocycles. The maximum atomic E-state index is 11.2. The summed E-state index contributed by atoms with van der Waals surface area (Å²) in [5, 5.41) is 0. The monoisotopic (exact) mass is 167 g/mol.